The minimum atomic E-state index is -0.217. The molecule has 0 radical (unpaired) electrons. The molecule has 134 valence electrons. The average molecular weight is 344 g/mol. The monoisotopic (exact) mass is 344 g/mol. The maximum atomic E-state index is 12.2. The summed E-state index contributed by atoms with van der Waals surface area (Å²) in [7, 11) is 3.30. The summed E-state index contributed by atoms with van der Waals surface area (Å²) in [6.45, 7) is 1.87. The predicted molar refractivity (Wildman–Crippen MR) is 96.0 cm³/mol. The molecule has 0 bridgehead atoms. The summed E-state index contributed by atoms with van der Waals surface area (Å²) in [4.78, 5) is 20.6. The van der Waals surface area contributed by atoms with Gasteiger partial charge in [0, 0.05) is 33.0 Å². The number of methoxy groups -OCH3 is 2. The Morgan fingerprint density at radius 1 is 1.20 bits per heavy atom. The number of nitrogens with one attached hydrogen (secondary N) is 2. The molecular weight excluding hydrogens is 320 g/mol. The molecule has 0 aliphatic rings. The fraction of sp³-hybridized carbons (Fsp3) is 0.389. The van der Waals surface area contributed by atoms with Crippen LogP contribution in [-0.2, 0) is 11.2 Å². The van der Waals surface area contributed by atoms with Crippen molar-refractivity contribution in [3.05, 3.63) is 47.8 Å². The van der Waals surface area contributed by atoms with Gasteiger partial charge in [0.15, 0.2) is 0 Å². The SMILES string of the molecule is COCCCNc1nccc(C(=O)NCCc2cccc(OC)c2)n1. The molecule has 1 aromatic carbocycles. The van der Waals surface area contributed by atoms with Gasteiger partial charge in [-0.2, -0.15) is 0 Å². The van der Waals surface area contributed by atoms with E-state index in [0.29, 0.717) is 31.3 Å². The number of anilines is 1. The molecule has 2 rings (SSSR count). The van der Waals surface area contributed by atoms with Crippen molar-refractivity contribution in [3.8, 4) is 5.75 Å². The van der Waals surface area contributed by atoms with E-state index in [9.17, 15) is 4.79 Å². The van der Waals surface area contributed by atoms with Crippen LogP contribution in [0.4, 0.5) is 5.95 Å². The molecule has 1 heterocycles. The first-order valence-corrected chi connectivity index (χ1v) is 8.20. The number of rotatable bonds is 10. The molecule has 7 heteroatoms. The van der Waals surface area contributed by atoms with Gasteiger partial charge in [-0.05, 0) is 36.6 Å². The number of carbonyl (C=O) groups excluding carboxylic acids is 1. The van der Waals surface area contributed by atoms with E-state index in [1.165, 1.54) is 0 Å². The Kier molecular flexibility index (Phi) is 7.65. The van der Waals surface area contributed by atoms with Crippen LogP contribution in [0.1, 0.15) is 22.5 Å². The molecule has 0 aliphatic heterocycles. The highest BCUT2D eigenvalue weighted by Crippen LogP contribution is 2.12. The Bertz CT molecular complexity index is 679. The summed E-state index contributed by atoms with van der Waals surface area (Å²) in [6.07, 6.45) is 3.13. The summed E-state index contributed by atoms with van der Waals surface area (Å²) >= 11 is 0. The fourth-order valence-corrected chi connectivity index (χ4v) is 2.23. The molecule has 7 nitrogen and oxygen atoms in total. The van der Waals surface area contributed by atoms with E-state index in [0.717, 1.165) is 24.2 Å². The van der Waals surface area contributed by atoms with Crippen molar-refractivity contribution in [2.45, 2.75) is 12.8 Å². The quantitative estimate of drug-likeness (QED) is 0.641. The first kappa shape index (κ1) is 18.7. The highest BCUT2D eigenvalue weighted by Gasteiger charge is 2.08. The van der Waals surface area contributed by atoms with Gasteiger partial charge < -0.3 is 20.1 Å². The lowest BCUT2D eigenvalue weighted by molar-refractivity contribution is 0.0949. The van der Waals surface area contributed by atoms with Crippen molar-refractivity contribution in [1.29, 1.82) is 0 Å². The Hall–Kier alpha value is -2.67. The van der Waals surface area contributed by atoms with Gasteiger partial charge in [-0.3, -0.25) is 4.79 Å². The first-order valence-electron chi connectivity index (χ1n) is 8.20. The van der Waals surface area contributed by atoms with Gasteiger partial charge in [0.05, 0.1) is 7.11 Å². The first-order chi connectivity index (χ1) is 12.2. The number of ether oxygens (including phenoxy) is 2. The summed E-state index contributed by atoms with van der Waals surface area (Å²) in [6, 6.07) is 9.38. The van der Waals surface area contributed by atoms with Crippen molar-refractivity contribution in [2.75, 3.05) is 39.2 Å². The van der Waals surface area contributed by atoms with E-state index in [1.807, 2.05) is 24.3 Å². The zero-order valence-electron chi connectivity index (χ0n) is 14.6. The number of benzene rings is 1. The van der Waals surface area contributed by atoms with Crippen LogP contribution in [0, 0.1) is 0 Å². The minimum absolute atomic E-state index is 0.217. The Balaban J connectivity index is 1.81. The molecule has 25 heavy (non-hydrogen) atoms. The summed E-state index contributed by atoms with van der Waals surface area (Å²) in [5.41, 5.74) is 1.44. The van der Waals surface area contributed by atoms with Crippen LogP contribution in [0.5, 0.6) is 5.75 Å². The molecular formula is C18H24N4O3. The van der Waals surface area contributed by atoms with Crippen LogP contribution in [0.2, 0.25) is 0 Å². The van der Waals surface area contributed by atoms with E-state index in [1.54, 1.807) is 26.5 Å². The molecule has 1 amide bonds. The number of hydrogen-bond donors (Lipinski definition) is 2. The Morgan fingerprint density at radius 3 is 2.88 bits per heavy atom. The zero-order chi connectivity index (χ0) is 17.9. The smallest absolute Gasteiger partial charge is 0.270 e. The maximum Gasteiger partial charge on any atom is 0.270 e. The molecule has 0 fully saturated rings. The van der Waals surface area contributed by atoms with Crippen molar-refractivity contribution in [1.82, 2.24) is 15.3 Å². The van der Waals surface area contributed by atoms with Gasteiger partial charge >= 0.3 is 0 Å². The summed E-state index contributed by atoms with van der Waals surface area (Å²) < 4.78 is 10.2. The topological polar surface area (TPSA) is 85.4 Å². The molecule has 1 aromatic heterocycles. The molecule has 0 atom stereocenters. The van der Waals surface area contributed by atoms with Crippen LogP contribution >= 0.6 is 0 Å². The number of aromatic nitrogens is 2. The molecule has 2 aromatic rings. The lowest BCUT2D eigenvalue weighted by Gasteiger charge is -2.08. The number of carbonyl (C=O) groups is 1. The average Bonchev–Trinajstić information content (AvgIpc) is 2.65. The normalized spacial score (nSPS) is 10.3. The van der Waals surface area contributed by atoms with Crippen molar-refractivity contribution < 1.29 is 14.3 Å². The molecule has 0 unspecified atom stereocenters. The molecule has 0 saturated heterocycles. The Morgan fingerprint density at radius 2 is 2.08 bits per heavy atom. The second kappa shape index (κ2) is 10.2. The third-order valence-electron chi connectivity index (χ3n) is 3.53. The fourth-order valence-electron chi connectivity index (χ4n) is 2.23. The predicted octanol–water partition coefficient (Wildman–Crippen LogP) is 1.91. The number of hydrogen-bond acceptors (Lipinski definition) is 6. The van der Waals surface area contributed by atoms with Crippen LogP contribution < -0.4 is 15.4 Å². The van der Waals surface area contributed by atoms with Crippen LogP contribution in [0.3, 0.4) is 0 Å². The Labute approximate surface area is 147 Å². The molecule has 0 aliphatic carbocycles. The van der Waals surface area contributed by atoms with Crippen LogP contribution in [0.25, 0.3) is 0 Å². The molecule has 0 saturated carbocycles. The zero-order valence-corrected chi connectivity index (χ0v) is 14.6. The van der Waals surface area contributed by atoms with Gasteiger partial charge in [-0.15, -0.1) is 0 Å². The van der Waals surface area contributed by atoms with Gasteiger partial charge in [0.25, 0.3) is 5.91 Å². The van der Waals surface area contributed by atoms with E-state index in [4.69, 9.17) is 9.47 Å². The molecule has 0 spiro atoms. The van der Waals surface area contributed by atoms with Crippen molar-refractivity contribution >= 4 is 11.9 Å². The second-order valence-electron chi connectivity index (χ2n) is 5.40. The number of amides is 1. The highest BCUT2D eigenvalue weighted by atomic mass is 16.5. The summed E-state index contributed by atoms with van der Waals surface area (Å²) in [5.74, 6) is 1.03. The highest BCUT2D eigenvalue weighted by molar-refractivity contribution is 5.92. The molecule has 2 N–H and O–H groups in total. The van der Waals surface area contributed by atoms with Gasteiger partial charge in [0.1, 0.15) is 11.4 Å². The van der Waals surface area contributed by atoms with Crippen molar-refractivity contribution in [2.24, 2.45) is 0 Å². The standard InChI is InChI=1S/C18H24N4O3/c1-24-12-4-9-20-18-21-11-8-16(22-18)17(23)19-10-7-14-5-3-6-15(13-14)25-2/h3,5-6,8,11,13H,4,7,9-10,12H2,1-2H3,(H,19,23)(H,20,21,22). The van der Waals surface area contributed by atoms with E-state index >= 15 is 0 Å². The third-order valence-corrected chi connectivity index (χ3v) is 3.53. The summed E-state index contributed by atoms with van der Waals surface area (Å²) in [5, 5.41) is 5.94. The van der Waals surface area contributed by atoms with E-state index in [-0.39, 0.29) is 5.91 Å². The lowest BCUT2D eigenvalue weighted by atomic mass is 10.1. The van der Waals surface area contributed by atoms with Crippen molar-refractivity contribution in [3.63, 3.8) is 0 Å². The van der Waals surface area contributed by atoms with Gasteiger partial charge in [-0.1, -0.05) is 12.1 Å². The third kappa shape index (κ3) is 6.39. The van der Waals surface area contributed by atoms with Crippen LogP contribution in [-0.4, -0.2) is 49.8 Å². The van der Waals surface area contributed by atoms with Gasteiger partial charge in [-0.25, -0.2) is 9.97 Å². The lowest BCUT2D eigenvalue weighted by Crippen LogP contribution is -2.27. The van der Waals surface area contributed by atoms with Crippen LogP contribution in [0.15, 0.2) is 36.5 Å². The maximum absolute atomic E-state index is 12.2. The van der Waals surface area contributed by atoms with E-state index < -0.39 is 0 Å². The minimum Gasteiger partial charge on any atom is -0.497 e. The second-order valence-corrected chi connectivity index (χ2v) is 5.40. The largest absolute Gasteiger partial charge is 0.497 e. The number of nitrogens with zero attached hydrogens (tertiary/aromatic N) is 2. The van der Waals surface area contributed by atoms with E-state index in [2.05, 4.69) is 20.6 Å². The van der Waals surface area contributed by atoms with Gasteiger partial charge in [0.2, 0.25) is 5.95 Å².